The second-order valence-corrected chi connectivity index (χ2v) is 7.13. The van der Waals surface area contributed by atoms with Crippen LogP contribution in [0.5, 0.6) is 0 Å². The van der Waals surface area contributed by atoms with Crippen molar-refractivity contribution >= 4 is 28.5 Å². The molecular weight excluding hydrogens is 350 g/mol. The first-order chi connectivity index (χ1) is 13.5. The molecule has 0 saturated heterocycles. The van der Waals surface area contributed by atoms with E-state index in [2.05, 4.69) is 10.3 Å². The number of aliphatic hydroxyl groups is 1. The predicted molar refractivity (Wildman–Crippen MR) is 112 cm³/mol. The van der Waals surface area contributed by atoms with Crippen LogP contribution in [0.3, 0.4) is 0 Å². The Labute approximate surface area is 163 Å². The molecule has 0 amide bonds. The Morgan fingerprint density at radius 2 is 1.82 bits per heavy atom. The number of nitrogens with one attached hydrogen (secondary N) is 1. The largest absolute Gasteiger partial charge is 0.461 e. The quantitative estimate of drug-likeness (QED) is 0.490. The molecule has 2 aromatic carbocycles. The molecule has 2 aromatic heterocycles. The maximum atomic E-state index is 9.95. The van der Waals surface area contributed by atoms with Crippen LogP contribution in [0.4, 0.5) is 11.5 Å². The summed E-state index contributed by atoms with van der Waals surface area (Å²) < 4.78 is 5.48. The zero-order chi connectivity index (χ0) is 19.6. The number of anilines is 2. The highest BCUT2D eigenvalue weighted by atomic mass is 16.3. The molecule has 2 N–H and O–H groups in total. The molecule has 0 saturated carbocycles. The SMILES string of the molecule is CC(C)(O)/C=C/c1ccc2nc(-c3ccco3)nc(Nc3ccccc3)c2c1. The summed E-state index contributed by atoms with van der Waals surface area (Å²) in [7, 11) is 0. The lowest BCUT2D eigenvalue weighted by atomic mass is 10.1. The van der Waals surface area contributed by atoms with Crippen LogP contribution in [0.15, 0.2) is 77.4 Å². The van der Waals surface area contributed by atoms with Crippen molar-refractivity contribution in [1.29, 1.82) is 0 Å². The topological polar surface area (TPSA) is 71.2 Å². The van der Waals surface area contributed by atoms with E-state index in [-0.39, 0.29) is 0 Å². The van der Waals surface area contributed by atoms with Crippen LogP contribution in [0, 0.1) is 0 Å². The Hall–Kier alpha value is -3.44. The Morgan fingerprint density at radius 1 is 1.00 bits per heavy atom. The molecule has 5 heteroatoms. The van der Waals surface area contributed by atoms with Crippen molar-refractivity contribution in [3.63, 3.8) is 0 Å². The van der Waals surface area contributed by atoms with Crippen LogP contribution >= 0.6 is 0 Å². The number of hydrogen-bond acceptors (Lipinski definition) is 5. The number of para-hydroxylation sites is 1. The highest BCUT2D eigenvalue weighted by Crippen LogP contribution is 2.29. The number of aromatic nitrogens is 2. The zero-order valence-corrected chi connectivity index (χ0v) is 15.8. The van der Waals surface area contributed by atoms with E-state index in [1.165, 1.54) is 0 Å². The molecule has 0 aliphatic carbocycles. The number of hydrogen-bond donors (Lipinski definition) is 2. The third-order valence-electron chi connectivity index (χ3n) is 4.18. The molecule has 0 aliphatic heterocycles. The number of nitrogens with zero attached hydrogens (tertiary/aromatic N) is 2. The van der Waals surface area contributed by atoms with Crippen molar-refractivity contribution in [1.82, 2.24) is 9.97 Å². The van der Waals surface area contributed by atoms with Crippen molar-refractivity contribution in [3.8, 4) is 11.6 Å². The minimum Gasteiger partial charge on any atom is -0.461 e. The molecule has 4 rings (SSSR count). The average Bonchev–Trinajstić information content (AvgIpc) is 3.21. The van der Waals surface area contributed by atoms with E-state index < -0.39 is 5.60 Å². The van der Waals surface area contributed by atoms with E-state index in [9.17, 15) is 5.11 Å². The number of benzene rings is 2. The fourth-order valence-electron chi connectivity index (χ4n) is 2.82. The van der Waals surface area contributed by atoms with Gasteiger partial charge < -0.3 is 14.8 Å². The van der Waals surface area contributed by atoms with E-state index in [0.717, 1.165) is 22.2 Å². The summed E-state index contributed by atoms with van der Waals surface area (Å²) in [6, 6.07) is 19.5. The molecule has 0 radical (unpaired) electrons. The van der Waals surface area contributed by atoms with E-state index in [4.69, 9.17) is 9.40 Å². The Bertz CT molecular complexity index is 1110. The first kappa shape index (κ1) is 17.9. The summed E-state index contributed by atoms with van der Waals surface area (Å²) in [6.07, 6.45) is 5.26. The predicted octanol–water partition coefficient (Wildman–Crippen LogP) is 5.42. The lowest BCUT2D eigenvalue weighted by molar-refractivity contribution is 0.134. The highest BCUT2D eigenvalue weighted by Gasteiger charge is 2.12. The van der Waals surface area contributed by atoms with Crippen LogP contribution in [-0.2, 0) is 0 Å². The van der Waals surface area contributed by atoms with Crippen molar-refractivity contribution in [3.05, 3.63) is 78.6 Å². The van der Waals surface area contributed by atoms with Gasteiger partial charge in [-0.1, -0.05) is 36.4 Å². The first-order valence-electron chi connectivity index (χ1n) is 9.07. The van der Waals surface area contributed by atoms with Gasteiger partial charge in [0.15, 0.2) is 11.6 Å². The third-order valence-corrected chi connectivity index (χ3v) is 4.18. The Morgan fingerprint density at radius 3 is 2.54 bits per heavy atom. The summed E-state index contributed by atoms with van der Waals surface area (Å²) in [5.74, 6) is 1.83. The van der Waals surface area contributed by atoms with Crippen LogP contribution < -0.4 is 5.32 Å². The summed E-state index contributed by atoms with van der Waals surface area (Å²) in [5.41, 5.74) is 1.82. The van der Waals surface area contributed by atoms with Gasteiger partial charge in [-0.25, -0.2) is 9.97 Å². The molecule has 0 spiro atoms. The second-order valence-electron chi connectivity index (χ2n) is 7.13. The molecule has 140 valence electrons. The molecule has 0 bridgehead atoms. The standard InChI is InChI=1S/C23H21N3O2/c1-23(2,27)13-12-16-10-11-19-18(15-16)21(24-17-7-4-3-5-8-17)26-22(25-19)20-9-6-14-28-20/h3-15,27H,1-2H3,(H,24,25,26)/b13-12+. The van der Waals surface area contributed by atoms with Gasteiger partial charge in [0.1, 0.15) is 5.82 Å². The molecule has 4 aromatic rings. The van der Waals surface area contributed by atoms with Crippen LogP contribution in [0.1, 0.15) is 19.4 Å². The fraction of sp³-hybridized carbons (Fsp3) is 0.130. The number of fused-ring (bicyclic) bond motifs is 1. The van der Waals surface area contributed by atoms with Gasteiger partial charge in [0, 0.05) is 11.1 Å². The Kier molecular flexibility index (Phi) is 4.67. The second kappa shape index (κ2) is 7.29. The molecule has 28 heavy (non-hydrogen) atoms. The van der Waals surface area contributed by atoms with E-state index in [1.807, 2.05) is 66.7 Å². The van der Waals surface area contributed by atoms with Gasteiger partial charge in [0.05, 0.1) is 17.4 Å². The van der Waals surface area contributed by atoms with Gasteiger partial charge in [0.2, 0.25) is 0 Å². The van der Waals surface area contributed by atoms with Gasteiger partial charge >= 0.3 is 0 Å². The number of rotatable bonds is 5. The maximum absolute atomic E-state index is 9.95. The van der Waals surface area contributed by atoms with Gasteiger partial charge in [-0.05, 0) is 55.8 Å². The normalized spacial score (nSPS) is 12.0. The molecule has 0 unspecified atom stereocenters. The third kappa shape index (κ3) is 4.10. The van der Waals surface area contributed by atoms with E-state index >= 15 is 0 Å². The van der Waals surface area contributed by atoms with Crippen LogP contribution in [0.2, 0.25) is 0 Å². The summed E-state index contributed by atoms with van der Waals surface area (Å²) >= 11 is 0. The van der Waals surface area contributed by atoms with Crippen molar-refractivity contribution in [2.24, 2.45) is 0 Å². The smallest absolute Gasteiger partial charge is 0.198 e. The highest BCUT2D eigenvalue weighted by molar-refractivity contribution is 5.93. The van der Waals surface area contributed by atoms with Gasteiger partial charge in [-0.3, -0.25) is 0 Å². The number of furan rings is 1. The fourth-order valence-corrected chi connectivity index (χ4v) is 2.82. The summed E-state index contributed by atoms with van der Waals surface area (Å²) in [5, 5.41) is 14.2. The molecule has 0 fully saturated rings. The molecule has 5 nitrogen and oxygen atoms in total. The average molecular weight is 371 g/mol. The Balaban J connectivity index is 1.84. The van der Waals surface area contributed by atoms with Gasteiger partial charge in [-0.2, -0.15) is 0 Å². The molecular formula is C23H21N3O2. The maximum Gasteiger partial charge on any atom is 0.198 e. The minimum atomic E-state index is -0.875. The van der Waals surface area contributed by atoms with Crippen LogP contribution in [0.25, 0.3) is 28.6 Å². The molecule has 2 heterocycles. The monoisotopic (exact) mass is 371 g/mol. The molecule has 0 atom stereocenters. The van der Waals surface area contributed by atoms with Gasteiger partial charge in [0.25, 0.3) is 0 Å². The summed E-state index contributed by atoms with van der Waals surface area (Å²) in [6.45, 7) is 3.48. The lowest BCUT2D eigenvalue weighted by Crippen LogP contribution is -2.13. The van der Waals surface area contributed by atoms with Gasteiger partial charge in [-0.15, -0.1) is 0 Å². The van der Waals surface area contributed by atoms with Crippen molar-refractivity contribution in [2.45, 2.75) is 19.4 Å². The lowest BCUT2D eigenvalue weighted by Gasteiger charge is -2.12. The molecule has 0 aliphatic rings. The van der Waals surface area contributed by atoms with E-state index in [1.54, 1.807) is 26.2 Å². The van der Waals surface area contributed by atoms with Crippen molar-refractivity contribution in [2.75, 3.05) is 5.32 Å². The zero-order valence-electron chi connectivity index (χ0n) is 15.8. The van der Waals surface area contributed by atoms with Crippen LogP contribution in [-0.4, -0.2) is 20.7 Å². The van der Waals surface area contributed by atoms with Crippen molar-refractivity contribution < 1.29 is 9.52 Å². The van der Waals surface area contributed by atoms with E-state index in [0.29, 0.717) is 17.4 Å². The first-order valence-corrected chi connectivity index (χ1v) is 9.07. The minimum absolute atomic E-state index is 0.524. The summed E-state index contributed by atoms with van der Waals surface area (Å²) in [4.78, 5) is 9.35.